The van der Waals surface area contributed by atoms with Gasteiger partial charge in [-0.25, -0.2) is 0 Å². The summed E-state index contributed by atoms with van der Waals surface area (Å²) < 4.78 is 16.5. The number of ether oxygens (including phenoxy) is 2. The molecule has 1 aliphatic rings. The molecule has 1 fully saturated rings. The van der Waals surface area contributed by atoms with Crippen LogP contribution < -0.4 is 10.1 Å². The molecule has 1 aliphatic heterocycles. The van der Waals surface area contributed by atoms with Crippen molar-refractivity contribution in [2.45, 2.75) is 38.1 Å². The van der Waals surface area contributed by atoms with Gasteiger partial charge in [0.15, 0.2) is 6.04 Å². The fourth-order valence-electron chi connectivity index (χ4n) is 4.50. The summed E-state index contributed by atoms with van der Waals surface area (Å²) in [7, 11) is 1.59. The zero-order valence-corrected chi connectivity index (χ0v) is 22.7. The first kappa shape index (κ1) is 27.4. The molecule has 2 amide bonds. The summed E-state index contributed by atoms with van der Waals surface area (Å²) in [4.78, 5) is 30.1. The SMILES string of the molecule is COc1ccc(-c2nnn(CC(=O)N(Cc3ccccc3Cl)[C@@H](C(=O)NC[C@@H]3CCCO3)c3ccco3)n2)cc1. The molecule has 2 atom stereocenters. The van der Waals surface area contributed by atoms with Crippen LogP contribution in [0.5, 0.6) is 5.75 Å². The number of furan rings is 1. The Morgan fingerprint density at radius 1 is 1.18 bits per heavy atom. The average Bonchev–Trinajstić information content (AvgIpc) is 3.77. The minimum atomic E-state index is -1.07. The highest BCUT2D eigenvalue weighted by molar-refractivity contribution is 6.31. The van der Waals surface area contributed by atoms with Crippen LogP contribution in [0.3, 0.4) is 0 Å². The van der Waals surface area contributed by atoms with Crippen molar-refractivity contribution < 1.29 is 23.5 Å². The van der Waals surface area contributed by atoms with Crippen LogP contribution in [0, 0.1) is 0 Å². The molecule has 0 spiro atoms. The third-order valence-corrected chi connectivity index (χ3v) is 6.97. The number of methoxy groups -OCH3 is 1. The first-order valence-electron chi connectivity index (χ1n) is 12.9. The molecule has 208 valence electrons. The predicted octanol–water partition coefficient (Wildman–Crippen LogP) is 3.66. The van der Waals surface area contributed by atoms with Gasteiger partial charge in [0, 0.05) is 30.3 Å². The van der Waals surface area contributed by atoms with Gasteiger partial charge in [-0.2, -0.15) is 4.80 Å². The van der Waals surface area contributed by atoms with E-state index in [1.165, 1.54) is 16.0 Å². The minimum absolute atomic E-state index is 0.0528. The summed E-state index contributed by atoms with van der Waals surface area (Å²) in [6.45, 7) is 0.795. The number of carbonyl (C=O) groups is 2. The lowest BCUT2D eigenvalue weighted by Crippen LogP contribution is -2.46. The number of halogens is 1. The number of hydrogen-bond acceptors (Lipinski definition) is 8. The molecule has 4 aromatic rings. The fraction of sp³-hybridized carbons (Fsp3) is 0.321. The lowest BCUT2D eigenvalue weighted by atomic mass is 10.1. The molecule has 1 N–H and O–H groups in total. The zero-order chi connectivity index (χ0) is 27.9. The summed E-state index contributed by atoms with van der Waals surface area (Å²) in [6, 6.07) is 16.6. The first-order chi connectivity index (χ1) is 19.5. The van der Waals surface area contributed by atoms with E-state index >= 15 is 0 Å². The van der Waals surface area contributed by atoms with Crippen molar-refractivity contribution in [3.8, 4) is 17.1 Å². The monoisotopic (exact) mass is 564 g/mol. The van der Waals surface area contributed by atoms with E-state index in [9.17, 15) is 9.59 Å². The third-order valence-electron chi connectivity index (χ3n) is 6.60. The maximum Gasteiger partial charge on any atom is 0.250 e. The molecule has 2 aromatic heterocycles. The Hall–Kier alpha value is -4.22. The number of hydrogen-bond donors (Lipinski definition) is 1. The highest BCUT2D eigenvalue weighted by Gasteiger charge is 2.35. The third kappa shape index (κ3) is 6.49. The molecule has 3 heterocycles. The second-order valence-electron chi connectivity index (χ2n) is 9.28. The molecule has 0 unspecified atom stereocenters. The van der Waals surface area contributed by atoms with Gasteiger partial charge in [0.1, 0.15) is 18.1 Å². The number of carbonyl (C=O) groups excluding carboxylic acids is 2. The van der Waals surface area contributed by atoms with Crippen molar-refractivity contribution in [1.29, 1.82) is 0 Å². The van der Waals surface area contributed by atoms with Crippen LogP contribution in [-0.2, 0) is 27.4 Å². The fourth-order valence-corrected chi connectivity index (χ4v) is 4.69. The molecule has 2 aromatic carbocycles. The zero-order valence-electron chi connectivity index (χ0n) is 21.9. The van der Waals surface area contributed by atoms with E-state index in [-0.39, 0.29) is 19.2 Å². The molecular weight excluding hydrogens is 536 g/mol. The Kier molecular flexibility index (Phi) is 8.72. The van der Waals surface area contributed by atoms with Crippen molar-refractivity contribution in [3.05, 3.63) is 83.3 Å². The van der Waals surface area contributed by atoms with E-state index in [0.717, 1.165) is 18.4 Å². The molecule has 11 nitrogen and oxygen atoms in total. The second-order valence-corrected chi connectivity index (χ2v) is 9.69. The molecule has 40 heavy (non-hydrogen) atoms. The molecule has 1 saturated heterocycles. The number of benzene rings is 2. The lowest BCUT2D eigenvalue weighted by molar-refractivity contribution is -0.143. The number of tetrazole rings is 1. The average molecular weight is 565 g/mol. The van der Waals surface area contributed by atoms with Gasteiger partial charge in [0.05, 0.1) is 19.5 Å². The van der Waals surface area contributed by atoms with Crippen molar-refractivity contribution in [2.75, 3.05) is 20.3 Å². The topological polar surface area (TPSA) is 125 Å². The quantitative estimate of drug-likeness (QED) is 0.293. The Morgan fingerprint density at radius 2 is 2.00 bits per heavy atom. The van der Waals surface area contributed by atoms with Crippen LogP contribution >= 0.6 is 11.6 Å². The van der Waals surface area contributed by atoms with E-state index in [2.05, 4.69) is 20.7 Å². The van der Waals surface area contributed by atoms with E-state index in [1.807, 2.05) is 12.1 Å². The summed E-state index contributed by atoms with van der Waals surface area (Å²) in [6.07, 6.45) is 3.21. The Labute approximate surface area is 236 Å². The van der Waals surface area contributed by atoms with Gasteiger partial charge in [0.25, 0.3) is 5.91 Å². The number of aromatic nitrogens is 4. The Balaban J connectivity index is 1.41. The maximum absolute atomic E-state index is 13.9. The van der Waals surface area contributed by atoms with Gasteiger partial charge in [-0.05, 0) is 66.1 Å². The minimum Gasteiger partial charge on any atom is -0.497 e. The lowest BCUT2D eigenvalue weighted by Gasteiger charge is -2.30. The van der Waals surface area contributed by atoms with Gasteiger partial charge >= 0.3 is 0 Å². The van der Waals surface area contributed by atoms with E-state index < -0.39 is 17.9 Å². The number of amides is 2. The van der Waals surface area contributed by atoms with Crippen LogP contribution in [0.4, 0.5) is 0 Å². The van der Waals surface area contributed by atoms with E-state index in [1.54, 1.807) is 55.6 Å². The highest BCUT2D eigenvalue weighted by Crippen LogP contribution is 2.27. The summed E-state index contributed by atoms with van der Waals surface area (Å²) in [5.41, 5.74) is 1.39. The van der Waals surface area contributed by atoms with Gasteiger partial charge < -0.3 is 24.1 Å². The normalized spacial score (nSPS) is 15.5. The van der Waals surface area contributed by atoms with Crippen LogP contribution in [0.15, 0.2) is 71.3 Å². The highest BCUT2D eigenvalue weighted by atomic mass is 35.5. The van der Waals surface area contributed by atoms with Gasteiger partial charge in [0.2, 0.25) is 11.7 Å². The molecule has 12 heteroatoms. The van der Waals surface area contributed by atoms with Gasteiger partial charge in [-0.15, -0.1) is 10.2 Å². The molecule has 5 rings (SSSR count). The molecule has 0 saturated carbocycles. The largest absolute Gasteiger partial charge is 0.497 e. The predicted molar refractivity (Wildman–Crippen MR) is 145 cm³/mol. The van der Waals surface area contributed by atoms with E-state index in [4.69, 9.17) is 25.5 Å². The summed E-state index contributed by atoms with van der Waals surface area (Å²) in [5.74, 6) is 0.549. The van der Waals surface area contributed by atoms with Crippen LogP contribution in [0.2, 0.25) is 5.02 Å². The Bertz CT molecular complexity index is 1420. The number of nitrogens with zero attached hydrogens (tertiary/aromatic N) is 5. The van der Waals surface area contributed by atoms with Crippen LogP contribution in [0.1, 0.15) is 30.2 Å². The van der Waals surface area contributed by atoms with Crippen LogP contribution in [0.25, 0.3) is 11.4 Å². The molecule has 0 aliphatic carbocycles. The smallest absolute Gasteiger partial charge is 0.250 e. The maximum atomic E-state index is 13.9. The van der Waals surface area contributed by atoms with Crippen molar-refractivity contribution in [1.82, 2.24) is 30.4 Å². The van der Waals surface area contributed by atoms with Crippen molar-refractivity contribution >= 4 is 23.4 Å². The van der Waals surface area contributed by atoms with E-state index in [0.29, 0.717) is 41.1 Å². The standard InChI is InChI=1S/C28H29ClN6O5/c1-38-21-12-10-19(11-13-21)27-31-33-35(32-27)18-25(36)34(17-20-6-2-3-8-23(20)29)26(24-9-5-15-40-24)28(37)30-16-22-7-4-14-39-22/h2-3,5-6,8-13,15,22,26H,4,7,14,16-18H2,1H3,(H,30,37)/t22-,26+/m0/s1. The molecular formula is C28H29ClN6O5. The van der Waals surface area contributed by atoms with Crippen molar-refractivity contribution in [2.24, 2.45) is 0 Å². The summed E-state index contributed by atoms with van der Waals surface area (Å²) in [5, 5.41) is 15.9. The molecule has 0 bridgehead atoms. The van der Waals surface area contributed by atoms with Gasteiger partial charge in [-0.1, -0.05) is 29.8 Å². The first-order valence-corrected chi connectivity index (χ1v) is 13.3. The Morgan fingerprint density at radius 3 is 2.70 bits per heavy atom. The number of rotatable bonds is 11. The van der Waals surface area contributed by atoms with Gasteiger partial charge in [-0.3, -0.25) is 9.59 Å². The van der Waals surface area contributed by atoms with Crippen molar-refractivity contribution in [3.63, 3.8) is 0 Å². The molecule has 0 radical (unpaired) electrons. The number of nitrogens with one attached hydrogen (secondary N) is 1. The van der Waals surface area contributed by atoms with Crippen LogP contribution in [-0.4, -0.2) is 63.3 Å². The second kappa shape index (κ2) is 12.8. The summed E-state index contributed by atoms with van der Waals surface area (Å²) >= 11 is 6.46.